The first kappa shape index (κ1) is 9.47. The minimum absolute atomic E-state index is 0.0525. The molecule has 0 unspecified atom stereocenters. The second-order valence-electron chi connectivity index (χ2n) is 5.13. The van der Waals surface area contributed by atoms with E-state index in [0.29, 0.717) is 18.4 Å². The summed E-state index contributed by atoms with van der Waals surface area (Å²) < 4.78 is 6.11. The molecule has 0 aromatic rings. The van der Waals surface area contributed by atoms with Crippen LogP contribution in [0.1, 0.15) is 40.0 Å². The van der Waals surface area contributed by atoms with Crippen LogP contribution in [0, 0.1) is 11.8 Å². The van der Waals surface area contributed by atoms with Crippen LogP contribution in [-0.4, -0.2) is 22.9 Å². The summed E-state index contributed by atoms with van der Waals surface area (Å²) in [5.74, 6) is 1.15. The van der Waals surface area contributed by atoms with Crippen LogP contribution in [0.4, 0.5) is 0 Å². The van der Waals surface area contributed by atoms with E-state index in [1.807, 2.05) is 0 Å². The van der Waals surface area contributed by atoms with Crippen molar-refractivity contribution in [1.29, 1.82) is 0 Å². The van der Waals surface area contributed by atoms with Crippen molar-refractivity contribution in [1.82, 2.24) is 0 Å². The summed E-state index contributed by atoms with van der Waals surface area (Å²) >= 11 is 0. The summed E-state index contributed by atoms with van der Waals surface area (Å²) in [4.78, 5) is 0. The highest BCUT2D eigenvalue weighted by Crippen LogP contribution is 2.57. The molecule has 1 N–H and O–H groups in total. The van der Waals surface area contributed by atoms with Gasteiger partial charge in [-0.05, 0) is 44.9 Å². The molecule has 0 amide bonds. The molecule has 0 aliphatic carbocycles. The van der Waals surface area contributed by atoms with Gasteiger partial charge in [-0.15, -0.1) is 0 Å². The predicted molar refractivity (Wildman–Crippen MR) is 51.5 cm³/mol. The second kappa shape index (κ2) is 2.71. The monoisotopic (exact) mass is 184 g/mol. The van der Waals surface area contributed by atoms with Gasteiger partial charge in [-0.1, -0.05) is 6.92 Å². The minimum Gasteiger partial charge on any atom is -0.396 e. The van der Waals surface area contributed by atoms with Crippen LogP contribution in [-0.2, 0) is 4.74 Å². The molecule has 13 heavy (non-hydrogen) atoms. The molecule has 4 atom stereocenters. The van der Waals surface area contributed by atoms with Gasteiger partial charge in [0.1, 0.15) is 0 Å². The SMILES string of the molecule is C[C@@H]1[C@@H](CCO)[C@@]2(C)CC[C@]1(C)O2. The Morgan fingerprint density at radius 1 is 1.31 bits per heavy atom. The lowest BCUT2D eigenvalue weighted by Gasteiger charge is -2.34. The number of ether oxygens (including phenoxy) is 1. The van der Waals surface area contributed by atoms with Gasteiger partial charge < -0.3 is 9.84 Å². The Labute approximate surface area is 80.3 Å². The zero-order valence-corrected chi connectivity index (χ0v) is 8.84. The largest absolute Gasteiger partial charge is 0.396 e. The summed E-state index contributed by atoms with van der Waals surface area (Å²) in [6.45, 7) is 7.00. The van der Waals surface area contributed by atoms with Crippen molar-refractivity contribution >= 4 is 0 Å². The van der Waals surface area contributed by atoms with E-state index in [0.717, 1.165) is 6.42 Å². The first-order valence-electron chi connectivity index (χ1n) is 5.33. The second-order valence-corrected chi connectivity index (χ2v) is 5.13. The van der Waals surface area contributed by atoms with Crippen LogP contribution < -0.4 is 0 Å². The fourth-order valence-corrected chi connectivity index (χ4v) is 3.36. The Balaban J connectivity index is 2.21. The van der Waals surface area contributed by atoms with Gasteiger partial charge in [0, 0.05) is 6.61 Å². The Morgan fingerprint density at radius 2 is 1.92 bits per heavy atom. The van der Waals surface area contributed by atoms with Gasteiger partial charge in [-0.2, -0.15) is 0 Å². The van der Waals surface area contributed by atoms with Gasteiger partial charge in [0.2, 0.25) is 0 Å². The molecule has 2 aliphatic rings. The lowest BCUT2D eigenvalue weighted by Crippen LogP contribution is -2.37. The topological polar surface area (TPSA) is 29.5 Å². The number of aliphatic hydroxyl groups excluding tert-OH is 1. The molecule has 2 aliphatic heterocycles. The summed E-state index contributed by atoms with van der Waals surface area (Å²) in [5.41, 5.74) is 0.144. The van der Waals surface area contributed by atoms with Gasteiger partial charge in [0.15, 0.2) is 0 Å². The first-order valence-corrected chi connectivity index (χ1v) is 5.33. The zero-order valence-electron chi connectivity index (χ0n) is 8.84. The van der Waals surface area contributed by atoms with E-state index in [2.05, 4.69) is 20.8 Å². The molecule has 2 bridgehead atoms. The molecular formula is C11H20O2. The summed E-state index contributed by atoms with van der Waals surface area (Å²) in [6, 6.07) is 0. The van der Waals surface area contributed by atoms with Crippen LogP contribution >= 0.6 is 0 Å². The van der Waals surface area contributed by atoms with Crippen molar-refractivity contribution in [2.75, 3.05) is 6.61 Å². The molecular weight excluding hydrogens is 164 g/mol. The quantitative estimate of drug-likeness (QED) is 0.711. The molecule has 0 radical (unpaired) electrons. The Hall–Kier alpha value is -0.0800. The van der Waals surface area contributed by atoms with Crippen molar-refractivity contribution in [3.63, 3.8) is 0 Å². The van der Waals surface area contributed by atoms with E-state index in [1.165, 1.54) is 12.8 Å². The fourth-order valence-electron chi connectivity index (χ4n) is 3.36. The van der Waals surface area contributed by atoms with E-state index in [9.17, 15) is 0 Å². The first-order chi connectivity index (χ1) is 6.02. The van der Waals surface area contributed by atoms with E-state index in [-0.39, 0.29) is 11.2 Å². The highest BCUT2D eigenvalue weighted by Gasteiger charge is 2.60. The molecule has 2 heterocycles. The van der Waals surface area contributed by atoms with Crippen molar-refractivity contribution in [2.24, 2.45) is 11.8 Å². The van der Waals surface area contributed by atoms with E-state index in [1.54, 1.807) is 0 Å². The normalized spacial score (nSPS) is 54.5. The predicted octanol–water partition coefficient (Wildman–Crippen LogP) is 1.96. The van der Waals surface area contributed by atoms with Crippen LogP contribution in [0.3, 0.4) is 0 Å². The lowest BCUT2D eigenvalue weighted by atomic mass is 9.67. The summed E-state index contributed by atoms with van der Waals surface area (Å²) in [5, 5.41) is 9.02. The highest BCUT2D eigenvalue weighted by atomic mass is 16.5. The van der Waals surface area contributed by atoms with Crippen molar-refractivity contribution in [3.8, 4) is 0 Å². The Bertz CT molecular complexity index is 216. The van der Waals surface area contributed by atoms with Crippen LogP contribution in [0.15, 0.2) is 0 Å². The molecule has 0 spiro atoms. The maximum absolute atomic E-state index is 9.02. The maximum atomic E-state index is 9.02. The Morgan fingerprint density at radius 3 is 2.38 bits per heavy atom. The van der Waals surface area contributed by atoms with E-state index < -0.39 is 0 Å². The number of rotatable bonds is 2. The third kappa shape index (κ3) is 1.15. The van der Waals surface area contributed by atoms with Gasteiger partial charge in [0.25, 0.3) is 0 Å². The average Bonchev–Trinajstić information content (AvgIpc) is 2.46. The molecule has 0 saturated carbocycles. The summed E-state index contributed by atoms with van der Waals surface area (Å²) in [6.07, 6.45) is 3.25. The van der Waals surface area contributed by atoms with Crippen molar-refractivity contribution in [2.45, 2.75) is 51.2 Å². The van der Waals surface area contributed by atoms with Crippen LogP contribution in [0.25, 0.3) is 0 Å². The lowest BCUT2D eigenvalue weighted by molar-refractivity contribution is -0.0437. The van der Waals surface area contributed by atoms with Crippen molar-refractivity contribution < 1.29 is 9.84 Å². The molecule has 0 aromatic heterocycles. The maximum Gasteiger partial charge on any atom is 0.0695 e. The van der Waals surface area contributed by atoms with Gasteiger partial charge >= 0.3 is 0 Å². The van der Waals surface area contributed by atoms with Crippen LogP contribution in [0.5, 0.6) is 0 Å². The molecule has 2 heteroatoms. The molecule has 2 saturated heterocycles. The third-order valence-corrected chi connectivity index (χ3v) is 4.38. The number of fused-ring (bicyclic) bond motifs is 2. The van der Waals surface area contributed by atoms with E-state index in [4.69, 9.17) is 9.84 Å². The van der Waals surface area contributed by atoms with E-state index >= 15 is 0 Å². The van der Waals surface area contributed by atoms with Gasteiger partial charge in [0.05, 0.1) is 11.2 Å². The Kier molecular flexibility index (Phi) is 1.97. The summed E-state index contributed by atoms with van der Waals surface area (Å²) in [7, 11) is 0. The number of hydrogen-bond acceptors (Lipinski definition) is 2. The smallest absolute Gasteiger partial charge is 0.0695 e. The van der Waals surface area contributed by atoms with Gasteiger partial charge in [-0.3, -0.25) is 0 Å². The standard InChI is InChI=1S/C11H20O2/c1-8-9(4-7-12)11(3)6-5-10(8,2)13-11/h8-9,12H,4-7H2,1-3H3/t8-,9-,10+,11-/m1/s1. The zero-order chi connectivity index (χ0) is 9.69. The number of aliphatic hydroxyl groups is 1. The molecule has 2 rings (SSSR count). The third-order valence-electron chi connectivity index (χ3n) is 4.38. The molecule has 2 fully saturated rings. The molecule has 76 valence electrons. The van der Waals surface area contributed by atoms with Crippen molar-refractivity contribution in [3.05, 3.63) is 0 Å². The molecule has 2 nitrogen and oxygen atoms in total. The van der Waals surface area contributed by atoms with Crippen LogP contribution in [0.2, 0.25) is 0 Å². The minimum atomic E-state index is 0.0525. The average molecular weight is 184 g/mol. The fraction of sp³-hybridized carbons (Fsp3) is 1.00. The highest BCUT2D eigenvalue weighted by molar-refractivity contribution is 5.09. The molecule has 0 aromatic carbocycles. The number of hydrogen-bond donors (Lipinski definition) is 1. The van der Waals surface area contributed by atoms with Gasteiger partial charge in [-0.25, -0.2) is 0 Å².